The Morgan fingerprint density at radius 1 is 1.13 bits per heavy atom. The van der Waals surface area contributed by atoms with Crippen LogP contribution in [-0.2, 0) is 19.1 Å². The fourth-order valence-electron chi connectivity index (χ4n) is 1.51. The van der Waals surface area contributed by atoms with E-state index in [4.69, 9.17) is 4.74 Å². The molecule has 0 bridgehead atoms. The van der Waals surface area contributed by atoms with Crippen molar-refractivity contribution < 1.29 is 29.0 Å². The Morgan fingerprint density at radius 2 is 1.70 bits per heavy atom. The number of hydrogen-bond donors (Lipinski definition) is 2. The first-order valence-corrected chi connectivity index (χ1v) is 6.76. The predicted octanol–water partition coefficient (Wildman–Crippen LogP) is 2.67. The molecule has 0 atom stereocenters. The van der Waals surface area contributed by atoms with Crippen molar-refractivity contribution in [3.8, 4) is 0 Å². The third kappa shape index (κ3) is 6.21. The number of ether oxygens (including phenoxy) is 2. The third-order valence-corrected chi connectivity index (χ3v) is 2.48. The van der Waals surface area contributed by atoms with Crippen LogP contribution in [0.25, 0.3) is 5.76 Å². The van der Waals surface area contributed by atoms with Gasteiger partial charge >= 0.3 is 12.1 Å². The summed E-state index contributed by atoms with van der Waals surface area (Å²) in [5.74, 6) is -2.43. The second-order valence-electron chi connectivity index (χ2n) is 5.59. The van der Waals surface area contributed by atoms with Crippen molar-refractivity contribution in [1.82, 2.24) is 0 Å². The zero-order valence-electron chi connectivity index (χ0n) is 13.4. The Hall–Kier alpha value is -2.83. The number of esters is 1. The SMILES string of the molecule is COC(=O)C(=O)/C=C(\O)c1ccc(NC(=O)OC(C)(C)C)cc1. The molecule has 0 unspecified atom stereocenters. The third-order valence-electron chi connectivity index (χ3n) is 2.48. The van der Waals surface area contributed by atoms with E-state index in [-0.39, 0.29) is 5.76 Å². The number of hydrogen-bond acceptors (Lipinski definition) is 6. The molecule has 1 aromatic carbocycles. The van der Waals surface area contributed by atoms with E-state index < -0.39 is 23.4 Å². The van der Waals surface area contributed by atoms with Gasteiger partial charge in [-0.2, -0.15) is 0 Å². The van der Waals surface area contributed by atoms with Gasteiger partial charge in [0.15, 0.2) is 0 Å². The lowest BCUT2D eigenvalue weighted by molar-refractivity contribution is -0.149. The molecule has 0 spiro atoms. The van der Waals surface area contributed by atoms with Gasteiger partial charge in [-0.15, -0.1) is 0 Å². The summed E-state index contributed by atoms with van der Waals surface area (Å²) < 4.78 is 9.35. The number of benzene rings is 1. The highest BCUT2D eigenvalue weighted by Crippen LogP contribution is 2.17. The number of aliphatic hydroxyl groups excluding tert-OH is 1. The first-order chi connectivity index (χ1) is 10.6. The van der Waals surface area contributed by atoms with Gasteiger partial charge in [0, 0.05) is 17.3 Å². The van der Waals surface area contributed by atoms with E-state index in [1.807, 2.05) is 0 Å². The zero-order valence-corrected chi connectivity index (χ0v) is 13.4. The number of anilines is 1. The number of rotatable bonds is 4. The molecule has 7 heteroatoms. The molecule has 0 saturated heterocycles. The number of methoxy groups -OCH3 is 1. The number of aliphatic hydroxyl groups is 1. The highest BCUT2D eigenvalue weighted by molar-refractivity contribution is 6.39. The molecular formula is C16H19NO6. The molecule has 0 heterocycles. The monoisotopic (exact) mass is 321 g/mol. The summed E-state index contributed by atoms with van der Waals surface area (Å²) in [5.41, 5.74) is 0.145. The number of carbonyl (C=O) groups is 3. The predicted molar refractivity (Wildman–Crippen MR) is 83.9 cm³/mol. The Morgan fingerprint density at radius 3 is 2.17 bits per heavy atom. The van der Waals surface area contributed by atoms with Crippen molar-refractivity contribution in [3.63, 3.8) is 0 Å². The molecule has 0 radical (unpaired) electrons. The molecular weight excluding hydrogens is 302 g/mol. The topological polar surface area (TPSA) is 102 Å². The fourth-order valence-corrected chi connectivity index (χ4v) is 1.51. The minimum absolute atomic E-state index is 0.303. The summed E-state index contributed by atoms with van der Waals surface area (Å²) in [4.78, 5) is 33.9. The van der Waals surface area contributed by atoms with Crippen LogP contribution in [-0.4, -0.2) is 35.7 Å². The van der Waals surface area contributed by atoms with Crippen LogP contribution in [0.3, 0.4) is 0 Å². The van der Waals surface area contributed by atoms with Crippen LogP contribution in [0.15, 0.2) is 30.3 Å². The van der Waals surface area contributed by atoms with E-state index in [1.54, 1.807) is 20.8 Å². The Bertz CT molecular complexity index is 625. The van der Waals surface area contributed by atoms with Gasteiger partial charge in [-0.25, -0.2) is 9.59 Å². The molecule has 7 nitrogen and oxygen atoms in total. The first kappa shape index (κ1) is 18.2. The molecule has 1 aromatic rings. The quantitative estimate of drug-likeness (QED) is 0.382. The van der Waals surface area contributed by atoms with Crippen LogP contribution in [0.4, 0.5) is 10.5 Å². The first-order valence-electron chi connectivity index (χ1n) is 6.76. The number of nitrogens with one attached hydrogen (secondary N) is 1. The highest BCUT2D eigenvalue weighted by Gasteiger charge is 2.16. The van der Waals surface area contributed by atoms with E-state index in [1.165, 1.54) is 24.3 Å². The maximum atomic E-state index is 11.6. The van der Waals surface area contributed by atoms with Crippen molar-refractivity contribution in [2.24, 2.45) is 0 Å². The molecule has 23 heavy (non-hydrogen) atoms. The summed E-state index contributed by atoms with van der Waals surface area (Å²) in [6.45, 7) is 5.24. The molecule has 0 aliphatic rings. The van der Waals surface area contributed by atoms with Crippen LogP contribution >= 0.6 is 0 Å². The van der Waals surface area contributed by atoms with Gasteiger partial charge < -0.3 is 14.6 Å². The lowest BCUT2D eigenvalue weighted by Gasteiger charge is -2.19. The normalized spacial score (nSPS) is 11.6. The molecule has 1 rings (SSSR count). The van der Waals surface area contributed by atoms with Gasteiger partial charge in [-0.3, -0.25) is 10.1 Å². The molecule has 0 fully saturated rings. The van der Waals surface area contributed by atoms with E-state index in [2.05, 4.69) is 10.1 Å². The summed E-state index contributed by atoms with van der Waals surface area (Å²) in [6.07, 6.45) is 0.160. The summed E-state index contributed by atoms with van der Waals surface area (Å²) in [6, 6.07) is 5.99. The van der Waals surface area contributed by atoms with Gasteiger partial charge in [-0.05, 0) is 45.0 Å². The van der Waals surface area contributed by atoms with Crippen molar-refractivity contribution >= 4 is 29.3 Å². The van der Waals surface area contributed by atoms with Gasteiger partial charge in [0.2, 0.25) is 0 Å². The van der Waals surface area contributed by atoms with Crippen LogP contribution in [0.1, 0.15) is 26.3 Å². The number of carbonyl (C=O) groups excluding carboxylic acids is 3. The average molecular weight is 321 g/mol. The zero-order chi connectivity index (χ0) is 17.6. The van der Waals surface area contributed by atoms with Crippen LogP contribution in [0, 0.1) is 0 Å². The Labute approximate surface area is 133 Å². The van der Waals surface area contributed by atoms with Gasteiger partial charge in [-0.1, -0.05) is 0 Å². The van der Waals surface area contributed by atoms with Crippen molar-refractivity contribution in [2.45, 2.75) is 26.4 Å². The summed E-state index contributed by atoms with van der Waals surface area (Å²) in [5, 5.41) is 12.3. The standard InChI is InChI=1S/C16H19NO6/c1-16(2,3)23-15(21)17-11-7-5-10(6-8-11)12(18)9-13(19)14(20)22-4/h5-9,18H,1-4H3,(H,17,21)/b12-9-. The lowest BCUT2D eigenvalue weighted by Crippen LogP contribution is -2.27. The Kier molecular flexibility index (Phi) is 5.89. The van der Waals surface area contributed by atoms with Crippen LogP contribution in [0.5, 0.6) is 0 Å². The lowest BCUT2D eigenvalue weighted by atomic mass is 10.1. The van der Waals surface area contributed by atoms with Crippen molar-refractivity contribution in [2.75, 3.05) is 12.4 Å². The van der Waals surface area contributed by atoms with Crippen molar-refractivity contribution in [3.05, 3.63) is 35.9 Å². The second-order valence-corrected chi connectivity index (χ2v) is 5.59. The maximum Gasteiger partial charge on any atom is 0.412 e. The smallest absolute Gasteiger partial charge is 0.412 e. The van der Waals surface area contributed by atoms with Crippen LogP contribution < -0.4 is 5.32 Å². The molecule has 0 saturated carbocycles. The fraction of sp³-hybridized carbons (Fsp3) is 0.312. The van der Waals surface area contributed by atoms with Crippen molar-refractivity contribution in [1.29, 1.82) is 0 Å². The van der Waals surface area contributed by atoms with E-state index in [9.17, 15) is 19.5 Å². The van der Waals surface area contributed by atoms with E-state index >= 15 is 0 Å². The van der Waals surface area contributed by atoms with Gasteiger partial charge in [0.05, 0.1) is 7.11 Å². The number of ketones is 1. The maximum absolute atomic E-state index is 11.6. The molecule has 124 valence electrons. The molecule has 0 aromatic heterocycles. The average Bonchev–Trinajstić information content (AvgIpc) is 2.44. The van der Waals surface area contributed by atoms with Gasteiger partial charge in [0.1, 0.15) is 11.4 Å². The molecule has 1 amide bonds. The second kappa shape index (κ2) is 7.44. The highest BCUT2D eigenvalue weighted by atomic mass is 16.6. The minimum atomic E-state index is -1.07. The largest absolute Gasteiger partial charge is 0.507 e. The van der Waals surface area contributed by atoms with E-state index in [0.29, 0.717) is 11.3 Å². The molecule has 0 aliphatic carbocycles. The molecule has 0 aliphatic heterocycles. The van der Waals surface area contributed by atoms with Crippen LogP contribution in [0.2, 0.25) is 0 Å². The Balaban J connectivity index is 2.77. The van der Waals surface area contributed by atoms with Gasteiger partial charge in [0.25, 0.3) is 5.78 Å². The minimum Gasteiger partial charge on any atom is -0.507 e. The summed E-state index contributed by atoms with van der Waals surface area (Å²) in [7, 11) is 1.07. The summed E-state index contributed by atoms with van der Waals surface area (Å²) >= 11 is 0. The number of amides is 1. The molecule has 2 N–H and O–H groups in total. The van der Waals surface area contributed by atoms with E-state index in [0.717, 1.165) is 13.2 Å².